The van der Waals surface area contributed by atoms with Crippen molar-refractivity contribution in [2.45, 2.75) is 33.6 Å². The van der Waals surface area contributed by atoms with Gasteiger partial charge in [-0.1, -0.05) is 6.07 Å². The van der Waals surface area contributed by atoms with Gasteiger partial charge in [0, 0.05) is 37.0 Å². The molecular formula is C18H26N6OS. The minimum Gasteiger partial charge on any atom is -0.357 e. The van der Waals surface area contributed by atoms with Gasteiger partial charge in [0.25, 0.3) is 0 Å². The van der Waals surface area contributed by atoms with Gasteiger partial charge in [-0.2, -0.15) is 0 Å². The van der Waals surface area contributed by atoms with Gasteiger partial charge in [0.05, 0.1) is 17.2 Å². The molecule has 0 aliphatic heterocycles. The molecule has 2 aromatic heterocycles. The molecule has 0 atom stereocenters. The number of guanidine groups is 1. The van der Waals surface area contributed by atoms with E-state index in [2.05, 4.69) is 36.3 Å². The lowest BCUT2D eigenvalue weighted by Gasteiger charge is -2.10. The van der Waals surface area contributed by atoms with E-state index in [1.807, 2.05) is 32.9 Å². The molecule has 2 rings (SSSR count). The molecule has 0 saturated heterocycles. The second kappa shape index (κ2) is 10.5. The maximum atomic E-state index is 12.0. The van der Waals surface area contributed by atoms with Crippen molar-refractivity contribution in [1.82, 2.24) is 20.6 Å². The Morgan fingerprint density at radius 2 is 2.08 bits per heavy atom. The van der Waals surface area contributed by atoms with E-state index >= 15 is 0 Å². The summed E-state index contributed by atoms with van der Waals surface area (Å²) in [5.41, 5.74) is 1.95. The van der Waals surface area contributed by atoms with E-state index in [0.29, 0.717) is 24.7 Å². The summed E-state index contributed by atoms with van der Waals surface area (Å²) >= 11 is 1.66. The minimum atomic E-state index is -0.0966. The van der Waals surface area contributed by atoms with Crippen LogP contribution in [0.25, 0.3) is 0 Å². The third-order valence-electron chi connectivity index (χ3n) is 3.45. The summed E-state index contributed by atoms with van der Waals surface area (Å²) in [5.74, 6) is 1.18. The summed E-state index contributed by atoms with van der Waals surface area (Å²) in [6.07, 6.45) is 1.14. The number of amides is 1. The third kappa shape index (κ3) is 7.18. The number of aliphatic imine (C=N–C) groups is 1. The fourth-order valence-corrected chi connectivity index (χ4v) is 2.91. The number of rotatable bonds is 8. The number of hydrogen-bond acceptors (Lipinski definition) is 5. The number of aromatic nitrogens is 2. The molecule has 0 radical (unpaired) electrons. The number of nitrogens with zero attached hydrogens (tertiary/aromatic N) is 3. The lowest BCUT2D eigenvalue weighted by atomic mass is 10.3. The van der Waals surface area contributed by atoms with Gasteiger partial charge in [0.15, 0.2) is 5.96 Å². The van der Waals surface area contributed by atoms with Crippen LogP contribution in [0.3, 0.4) is 0 Å². The van der Waals surface area contributed by atoms with Crippen LogP contribution in [0, 0.1) is 13.8 Å². The van der Waals surface area contributed by atoms with E-state index in [9.17, 15) is 4.79 Å². The molecule has 7 nitrogen and oxygen atoms in total. The van der Waals surface area contributed by atoms with Gasteiger partial charge < -0.3 is 16.0 Å². The van der Waals surface area contributed by atoms with Gasteiger partial charge in [-0.25, -0.2) is 9.97 Å². The number of anilines is 1. The smallest absolute Gasteiger partial charge is 0.227 e. The Labute approximate surface area is 158 Å². The molecule has 0 aromatic carbocycles. The lowest BCUT2D eigenvalue weighted by Crippen LogP contribution is -2.38. The zero-order chi connectivity index (χ0) is 18.8. The predicted molar refractivity (Wildman–Crippen MR) is 107 cm³/mol. The Morgan fingerprint density at radius 1 is 1.23 bits per heavy atom. The molecule has 3 N–H and O–H groups in total. The number of hydrogen-bond donors (Lipinski definition) is 3. The Morgan fingerprint density at radius 3 is 2.77 bits per heavy atom. The molecule has 0 saturated carbocycles. The number of carbonyl (C=O) groups is 1. The van der Waals surface area contributed by atoms with E-state index in [-0.39, 0.29) is 5.91 Å². The van der Waals surface area contributed by atoms with Crippen LogP contribution in [0.4, 0.5) is 5.82 Å². The van der Waals surface area contributed by atoms with Crippen molar-refractivity contribution in [3.05, 3.63) is 40.0 Å². The average molecular weight is 375 g/mol. The monoisotopic (exact) mass is 374 g/mol. The third-order valence-corrected chi connectivity index (χ3v) is 4.27. The zero-order valence-electron chi connectivity index (χ0n) is 15.5. The summed E-state index contributed by atoms with van der Waals surface area (Å²) in [6.45, 7) is 7.82. The summed E-state index contributed by atoms with van der Waals surface area (Å²) in [4.78, 5) is 25.1. The highest BCUT2D eigenvalue weighted by Crippen LogP contribution is 2.07. The van der Waals surface area contributed by atoms with Crippen LogP contribution in [0.2, 0.25) is 0 Å². The largest absolute Gasteiger partial charge is 0.357 e. The van der Waals surface area contributed by atoms with Crippen LogP contribution in [-0.2, 0) is 11.2 Å². The molecule has 140 valence electrons. The van der Waals surface area contributed by atoms with Crippen LogP contribution in [0.5, 0.6) is 0 Å². The van der Waals surface area contributed by atoms with Gasteiger partial charge in [0.1, 0.15) is 5.82 Å². The quantitative estimate of drug-likeness (QED) is 0.487. The Hall–Kier alpha value is -2.48. The number of pyridine rings is 1. The number of carbonyl (C=O) groups excluding carboxylic acids is 1. The van der Waals surface area contributed by atoms with Crippen molar-refractivity contribution >= 4 is 29.0 Å². The maximum Gasteiger partial charge on any atom is 0.227 e. The van der Waals surface area contributed by atoms with E-state index in [1.165, 1.54) is 0 Å². The van der Waals surface area contributed by atoms with Crippen LogP contribution < -0.4 is 16.0 Å². The number of aryl methyl sites for hydroxylation is 2. The second-order valence-corrected chi connectivity index (χ2v) is 6.82. The molecule has 2 aromatic rings. The van der Waals surface area contributed by atoms with Gasteiger partial charge in [0.2, 0.25) is 5.91 Å². The van der Waals surface area contributed by atoms with Crippen LogP contribution >= 0.6 is 11.3 Å². The van der Waals surface area contributed by atoms with Crippen molar-refractivity contribution in [2.24, 2.45) is 4.99 Å². The second-order valence-electron chi connectivity index (χ2n) is 5.76. The van der Waals surface area contributed by atoms with Gasteiger partial charge in [-0.3, -0.25) is 9.79 Å². The Bertz CT molecular complexity index is 743. The summed E-state index contributed by atoms with van der Waals surface area (Å²) in [7, 11) is 0. The van der Waals surface area contributed by atoms with E-state index in [1.54, 1.807) is 17.4 Å². The molecule has 26 heavy (non-hydrogen) atoms. The molecule has 1 amide bonds. The highest BCUT2D eigenvalue weighted by Gasteiger charge is 2.04. The minimum absolute atomic E-state index is 0.0966. The van der Waals surface area contributed by atoms with Crippen LogP contribution in [-0.4, -0.2) is 41.5 Å². The van der Waals surface area contributed by atoms with Crippen molar-refractivity contribution in [2.75, 3.05) is 25.0 Å². The molecule has 8 heteroatoms. The van der Waals surface area contributed by atoms with E-state index in [4.69, 9.17) is 0 Å². The topological polar surface area (TPSA) is 91.3 Å². The molecule has 0 fully saturated rings. The first kappa shape index (κ1) is 19.8. The normalized spacial score (nSPS) is 11.3. The lowest BCUT2D eigenvalue weighted by molar-refractivity contribution is -0.116. The van der Waals surface area contributed by atoms with Gasteiger partial charge in [-0.05, 0) is 32.9 Å². The fourth-order valence-electron chi connectivity index (χ4n) is 2.26. The predicted octanol–water partition coefficient (Wildman–Crippen LogP) is 2.28. The van der Waals surface area contributed by atoms with Crippen molar-refractivity contribution in [3.8, 4) is 0 Å². The number of nitrogens with one attached hydrogen (secondary N) is 3. The van der Waals surface area contributed by atoms with E-state index in [0.717, 1.165) is 35.9 Å². The highest BCUT2D eigenvalue weighted by molar-refractivity contribution is 7.09. The average Bonchev–Trinajstić information content (AvgIpc) is 3.00. The zero-order valence-corrected chi connectivity index (χ0v) is 16.3. The summed E-state index contributed by atoms with van der Waals surface area (Å²) in [5, 5.41) is 12.4. The standard InChI is InChI=1S/C18H26N6OS/c1-4-19-18(20-10-8-15-12-26-14(3)23-15)21-11-9-17(25)24-16-7-5-6-13(2)22-16/h5-7,12H,4,8-11H2,1-3H3,(H2,19,20,21)(H,22,24,25). The van der Waals surface area contributed by atoms with Gasteiger partial charge >= 0.3 is 0 Å². The highest BCUT2D eigenvalue weighted by atomic mass is 32.1. The van der Waals surface area contributed by atoms with Crippen LogP contribution in [0.15, 0.2) is 28.6 Å². The fraction of sp³-hybridized carbons (Fsp3) is 0.444. The SMILES string of the molecule is CCNC(=NCCC(=O)Nc1cccc(C)n1)NCCc1csc(C)n1. The molecule has 0 spiro atoms. The van der Waals surface area contributed by atoms with Crippen molar-refractivity contribution < 1.29 is 4.79 Å². The Kier molecular flexibility index (Phi) is 8.01. The number of thiazole rings is 1. The summed E-state index contributed by atoms with van der Waals surface area (Å²) in [6, 6.07) is 5.54. The molecule has 0 aliphatic carbocycles. The van der Waals surface area contributed by atoms with E-state index < -0.39 is 0 Å². The van der Waals surface area contributed by atoms with Crippen LogP contribution in [0.1, 0.15) is 29.7 Å². The summed E-state index contributed by atoms with van der Waals surface area (Å²) < 4.78 is 0. The Balaban J connectivity index is 1.75. The van der Waals surface area contributed by atoms with Crippen molar-refractivity contribution in [1.29, 1.82) is 0 Å². The molecule has 0 bridgehead atoms. The molecular weight excluding hydrogens is 348 g/mol. The first-order chi connectivity index (χ1) is 12.6. The molecule has 0 aliphatic rings. The first-order valence-electron chi connectivity index (χ1n) is 8.73. The molecule has 0 unspecified atom stereocenters. The maximum absolute atomic E-state index is 12.0. The first-order valence-corrected chi connectivity index (χ1v) is 9.61. The van der Waals surface area contributed by atoms with Gasteiger partial charge in [-0.15, -0.1) is 11.3 Å². The molecule has 2 heterocycles. The van der Waals surface area contributed by atoms with Crippen molar-refractivity contribution in [3.63, 3.8) is 0 Å².